The molecule has 0 atom stereocenters. The number of nitrogens with one attached hydrogen (secondary N) is 1. The number of carbonyl (C=O) groups is 1. The van der Waals surface area contributed by atoms with E-state index in [0.29, 0.717) is 16.6 Å². The van der Waals surface area contributed by atoms with Crippen molar-refractivity contribution in [1.82, 2.24) is 5.32 Å². The lowest BCUT2D eigenvalue weighted by Gasteiger charge is -2.41. The Morgan fingerprint density at radius 2 is 2.10 bits per heavy atom. The zero-order valence-electron chi connectivity index (χ0n) is 11.9. The van der Waals surface area contributed by atoms with Gasteiger partial charge < -0.3 is 5.32 Å². The Labute approximate surface area is 133 Å². The molecule has 1 aliphatic rings. The van der Waals surface area contributed by atoms with E-state index in [1.807, 2.05) is 0 Å². The summed E-state index contributed by atoms with van der Waals surface area (Å²) in [5.41, 5.74) is 0.515. The first kappa shape index (κ1) is 16.5. The Bertz CT molecular complexity index is 649. The zero-order valence-corrected chi connectivity index (χ0v) is 14.3. The van der Waals surface area contributed by atoms with Crippen molar-refractivity contribution >= 4 is 31.9 Å². The van der Waals surface area contributed by atoms with Crippen LogP contribution >= 0.6 is 15.9 Å². The highest BCUT2D eigenvalue weighted by atomic mass is 79.9. The number of rotatable bonds is 5. The first-order valence-corrected chi connectivity index (χ1v) is 9.22. The molecule has 2 rings (SSSR count). The minimum atomic E-state index is -3.86. The Balaban J connectivity index is 2.13. The van der Waals surface area contributed by atoms with Crippen LogP contribution in [0.5, 0.6) is 0 Å². The van der Waals surface area contributed by atoms with Gasteiger partial charge in [0.1, 0.15) is 0 Å². The molecule has 0 bridgehead atoms. The third-order valence-electron chi connectivity index (χ3n) is 4.29. The van der Waals surface area contributed by atoms with E-state index in [-0.39, 0.29) is 16.2 Å². The number of amides is 1. The van der Waals surface area contributed by atoms with Gasteiger partial charge in [-0.2, -0.15) is 0 Å². The molecule has 3 N–H and O–H groups in total. The van der Waals surface area contributed by atoms with Crippen molar-refractivity contribution in [2.75, 3.05) is 6.54 Å². The van der Waals surface area contributed by atoms with Gasteiger partial charge in [0.2, 0.25) is 10.0 Å². The van der Waals surface area contributed by atoms with E-state index in [4.69, 9.17) is 5.14 Å². The number of nitrogens with two attached hydrogens (primary N) is 1. The van der Waals surface area contributed by atoms with Gasteiger partial charge in [0, 0.05) is 16.6 Å². The monoisotopic (exact) mass is 374 g/mol. The fourth-order valence-electron chi connectivity index (χ4n) is 2.56. The van der Waals surface area contributed by atoms with Crippen molar-refractivity contribution in [2.45, 2.75) is 37.5 Å². The Kier molecular flexibility index (Phi) is 4.75. The van der Waals surface area contributed by atoms with Gasteiger partial charge in [-0.1, -0.05) is 13.3 Å². The predicted octanol–water partition coefficient (Wildman–Crippen LogP) is 2.41. The summed E-state index contributed by atoms with van der Waals surface area (Å²) in [4.78, 5) is 12.1. The quantitative estimate of drug-likeness (QED) is 0.828. The summed E-state index contributed by atoms with van der Waals surface area (Å²) >= 11 is 3.13. The molecular formula is C14H19BrN2O3S. The fourth-order valence-corrected chi connectivity index (χ4v) is 4.12. The third kappa shape index (κ3) is 3.64. The number of halogens is 1. The van der Waals surface area contributed by atoms with Crippen LogP contribution in [0.3, 0.4) is 0 Å². The smallest absolute Gasteiger partial charge is 0.251 e. The van der Waals surface area contributed by atoms with Crippen LogP contribution in [0.4, 0.5) is 0 Å². The molecule has 0 aromatic heterocycles. The molecule has 0 aliphatic heterocycles. The number of hydrogen-bond donors (Lipinski definition) is 2. The van der Waals surface area contributed by atoms with E-state index < -0.39 is 10.0 Å². The van der Waals surface area contributed by atoms with Crippen molar-refractivity contribution in [2.24, 2.45) is 10.6 Å². The van der Waals surface area contributed by atoms with Gasteiger partial charge >= 0.3 is 0 Å². The first-order chi connectivity index (χ1) is 9.77. The molecular weight excluding hydrogens is 356 g/mol. The normalized spacial score (nSPS) is 17.1. The Morgan fingerprint density at radius 3 is 2.57 bits per heavy atom. The van der Waals surface area contributed by atoms with Crippen LogP contribution < -0.4 is 10.5 Å². The summed E-state index contributed by atoms with van der Waals surface area (Å²) in [5, 5.41) is 8.03. The fraction of sp³-hybridized carbons (Fsp3) is 0.500. The third-order valence-corrected chi connectivity index (χ3v) is 6.19. The number of benzene rings is 1. The SMILES string of the molecule is CCC1(CNC(=O)c2ccc(Br)c(S(N)(=O)=O)c2)CCC1. The number of sulfonamides is 1. The van der Waals surface area contributed by atoms with Crippen LogP contribution in [-0.2, 0) is 10.0 Å². The van der Waals surface area contributed by atoms with Gasteiger partial charge in [-0.25, -0.2) is 13.6 Å². The van der Waals surface area contributed by atoms with Crippen LogP contribution in [-0.4, -0.2) is 20.9 Å². The van der Waals surface area contributed by atoms with Crippen molar-refractivity contribution in [3.05, 3.63) is 28.2 Å². The van der Waals surface area contributed by atoms with Gasteiger partial charge in [-0.3, -0.25) is 4.79 Å². The molecule has 0 unspecified atom stereocenters. The van der Waals surface area contributed by atoms with E-state index in [0.717, 1.165) is 19.3 Å². The van der Waals surface area contributed by atoms with Crippen LogP contribution in [0, 0.1) is 5.41 Å². The van der Waals surface area contributed by atoms with Crippen molar-refractivity contribution in [1.29, 1.82) is 0 Å². The highest BCUT2D eigenvalue weighted by molar-refractivity contribution is 9.10. The summed E-state index contributed by atoms with van der Waals surface area (Å²) in [5.74, 6) is -0.271. The van der Waals surface area contributed by atoms with Gasteiger partial charge in [0.15, 0.2) is 0 Å². The number of primary sulfonamides is 1. The molecule has 1 saturated carbocycles. The van der Waals surface area contributed by atoms with E-state index in [1.165, 1.54) is 18.6 Å². The summed E-state index contributed by atoms with van der Waals surface area (Å²) in [7, 11) is -3.86. The topological polar surface area (TPSA) is 89.3 Å². The molecule has 1 amide bonds. The molecule has 0 heterocycles. The van der Waals surface area contributed by atoms with Crippen molar-refractivity contribution in [3.8, 4) is 0 Å². The highest BCUT2D eigenvalue weighted by Gasteiger charge is 2.35. The second-order valence-corrected chi connectivity index (χ2v) is 7.96. The van der Waals surface area contributed by atoms with Gasteiger partial charge in [0.25, 0.3) is 5.91 Å². The summed E-state index contributed by atoms with van der Waals surface area (Å²) < 4.78 is 23.3. The lowest BCUT2D eigenvalue weighted by molar-refractivity contribution is 0.0850. The molecule has 1 aromatic carbocycles. The van der Waals surface area contributed by atoms with Crippen LogP contribution in [0.15, 0.2) is 27.6 Å². The van der Waals surface area contributed by atoms with Crippen molar-refractivity contribution < 1.29 is 13.2 Å². The summed E-state index contributed by atoms with van der Waals surface area (Å²) in [6.45, 7) is 2.76. The van der Waals surface area contributed by atoms with Crippen LogP contribution in [0.2, 0.25) is 0 Å². The minimum absolute atomic E-state index is 0.0796. The second-order valence-electron chi connectivity index (χ2n) is 5.58. The van der Waals surface area contributed by atoms with Crippen LogP contribution in [0.25, 0.3) is 0 Å². The van der Waals surface area contributed by atoms with E-state index in [9.17, 15) is 13.2 Å². The van der Waals surface area contributed by atoms with Gasteiger partial charge in [-0.15, -0.1) is 0 Å². The molecule has 1 aromatic rings. The lowest BCUT2D eigenvalue weighted by atomic mass is 9.67. The maximum Gasteiger partial charge on any atom is 0.251 e. The average molecular weight is 375 g/mol. The molecule has 0 spiro atoms. The molecule has 1 fully saturated rings. The summed E-state index contributed by atoms with van der Waals surface area (Å²) in [6.07, 6.45) is 4.51. The van der Waals surface area contributed by atoms with Crippen LogP contribution in [0.1, 0.15) is 43.0 Å². The maximum atomic E-state index is 12.2. The van der Waals surface area contributed by atoms with Gasteiger partial charge in [-0.05, 0) is 58.8 Å². The number of carbonyl (C=O) groups excluding carboxylic acids is 1. The largest absolute Gasteiger partial charge is 0.351 e. The molecule has 5 nitrogen and oxygen atoms in total. The standard InChI is InChI=1S/C14H19BrN2O3S/c1-2-14(6-3-7-14)9-17-13(18)10-4-5-11(15)12(8-10)21(16,19)20/h4-5,8H,2-3,6-7,9H2,1H3,(H,17,18)(H2,16,19,20). The minimum Gasteiger partial charge on any atom is -0.351 e. The highest BCUT2D eigenvalue weighted by Crippen LogP contribution is 2.43. The predicted molar refractivity (Wildman–Crippen MR) is 84.4 cm³/mol. The number of hydrogen-bond acceptors (Lipinski definition) is 3. The molecule has 1 aliphatic carbocycles. The van der Waals surface area contributed by atoms with E-state index >= 15 is 0 Å². The first-order valence-electron chi connectivity index (χ1n) is 6.88. The average Bonchev–Trinajstić information content (AvgIpc) is 2.37. The van der Waals surface area contributed by atoms with E-state index in [2.05, 4.69) is 28.2 Å². The molecule has 116 valence electrons. The Morgan fingerprint density at radius 1 is 1.43 bits per heavy atom. The van der Waals surface area contributed by atoms with Crippen molar-refractivity contribution in [3.63, 3.8) is 0 Å². The molecule has 0 radical (unpaired) electrons. The van der Waals surface area contributed by atoms with Gasteiger partial charge in [0.05, 0.1) is 4.90 Å². The van der Waals surface area contributed by atoms with E-state index in [1.54, 1.807) is 6.07 Å². The maximum absolute atomic E-state index is 12.2. The zero-order chi connectivity index (χ0) is 15.7. The molecule has 0 saturated heterocycles. The molecule has 7 heteroatoms. The molecule has 21 heavy (non-hydrogen) atoms. The lowest BCUT2D eigenvalue weighted by Crippen LogP contribution is -2.41. The Hall–Kier alpha value is -0.920. The second kappa shape index (κ2) is 6.06. The summed E-state index contributed by atoms with van der Waals surface area (Å²) in [6, 6.07) is 4.40.